The van der Waals surface area contributed by atoms with Gasteiger partial charge in [0, 0.05) is 18.4 Å². The van der Waals surface area contributed by atoms with Crippen molar-refractivity contribution >= 4 is 5.78 Å². The number of hydrogen-bond acceptors (Lipinski definition) is 2. The third kappa shape index (κ3) is 4.56. The molecular formula is C22H28NO2+. The molecule has 2 aromatic rings. The summed E-state index contributed by atoms with van der Waals surface area (Å²) < 4.78 is 0. The van der Waals surface area contributed by atoms with Gasteiger partial charge in [-0.1, -0.05) is 60.7 Å². The molecule has 0 saturated carbocycles. The van der Waals surface area contributed by atoms with Gasteiger partial charge in [-0.2, -0.15) is 0 Å². The van der Waals surface area contributed by atoms with E-state index in [2.05, 4.69) is 7.05 Å². The number of carbonyl (C=O) groups is 1. The lowest BCUT2D eigenvalue weighted by Gasteiger charge is -2.37. The first kappa shape index (κ1) is 17.8. The van der Waals surface area contributed by atoms with Crippen LogP contribution in [0, 0.1) is 0 Å². The quantitative estimate of drug-likeness (QED) is 0.795. The van der Waals surface area contributed by atoms with E-state index in [4.69, 9.17) is 0 Å². The van der Waals surface area contributed by atoms with Gasteiger partial charge >= 0.3 is 0 Å². The molecule has 3 nitrogen and oxygen atoms in total. The van der Waals surface area contributed by atoms with Crippen LogP contribution in [0.3, 0.4) is 0 Å². The highest BCUT2D eigenvalue weighted by atomic mass is 16.3. The molecule has 0 spiro atoms. The number of likely N-dealkylation sites (tertiary alicyclic amines) is 1. The molecule has 2 N–H and O–H groups in total. The highest BCUT2D eigenvalue weighted by molar-refractivity contribution is 5.96. The fraction of sp³-hybridized carbons (Fsp3) is 0.409. The van der Waals surface area contributed by atoms with Crippen LogP contribution in [-0.4, -0.2) is 30.0 Å². The van der Waals surface area contributed by atoms with Crippen LogP contribution in [0.25, 0.3) is 0 Å². The topological polar surface area (TPSA) is 41.7 Å². The van der Waals surface area contributed by atoms with E-state index in [-0.39, 0.29) is 5.78 Å². The van der Waals surface area contributed by atoms with Crippen LogP contribution in [0.15, 0.2) is 60.7 Å². The fourth-order valence-electron chi connectivity index (χ4n) is 4.01. The number of aliphatic hydroxyl groups is 1. The Hall–Kier alpha value is -1.97. The molecular weight excluding hydrogens is 310 g/mol. The minimum atomic E-state index is -0.426. The number of piperidine rings is 1. The molecule has 132 valence electrons. The fourth-order valence-corrected chi connectivity index (χ4v) is 4.01. The molecule has 2 aromatic carbocycles. The van der Waals surface area contributed by atoms with Crippen LogP contribution >= 0.6 is 0 Å². The van der Waals surface area contributed by atoms with Crippen molar-refractivity contribution < 1.29 is 14.8 Å². The average Bonchev–Trinajstić information content (AvgIpc) is 2.66. The number of Topliss-reactive ketones (excluding diaryl/α,β-unsaturated/α-hetero) is 1. The Balaban J connectivity index is 1.61. The zero-order valence-electron chi connectivity index (χ0n) is 14.9. The van der Waals surface area contributed by atoms with Crippen molar-refractivity contribution in [1.82, 2.24) is 0 Å². The normalized spacial score (nSPS) is 24.6. The van der Waals surface area contributed by atoms with Crippen LogP contribution < -0.4 is 4.90 Å². The van der Waals surface area contributed by atoms with E-state index in [1.54, 1.807) is 0 Å². The van der Waals surface area contributed by atoms with Gasteiger partial charge in [-0.3, -0.25) is 4.79 Å². The van der Waals surface area contributed by atoms with E-state index in [9.17, 15) is 9.90 Å². The lowest BCUT2D eigenvalue weighted by Crippen LogP contribution is -3.17. The minimum Gasteiger partial charge on any atom is -0.388 e. The van der Waals surface area contributed by atoms with Gasteiger partial charge < -0.3 is 10.0 Å². The van der Waals surface area contributed by atoms with E-state index in [1.807, 2.05) is 60.7 Å². The number of ketones is 1. The van der Waals surface area contributed by atoms with Crippen LogP contribution in [0.5, 0.6) is 0 Å². The van der Waals surface area contributed by atoms with E-state index < -0.39 is 6.10 Å². The molecule has 3 rings (SSSR count). The molecule has 0 amide bonds. The second kappa shape index (κ2) is 8.41. The molecule has 4 atom stereocenters. The predicted molar refractivity (Wildman–Crippen MR) is 99.7 cm³/mol. The number of carbonyl (C=O) groups excluding carboxylic acids is 1. The molecule has 4 unspecified atom stereocenters. The standard InChI is InChI=1S/C22H27NO2/c1-23-19(15-21(24)17-9-4-2-5-10-17)13-8-14-20(23)16-22(25)18-11-6-3-7-12-18/h2-7,9-12,19-21,24H,8,13-16H2,1H3/p+1. The SMILES string of the molecule is C[NH+]1C(CC(=O)c2ccccc2)CCCC1CC(O)c1ccccc1. The molecule has 1 fully saturated rings. The zero-order chi connectivity index (χ0) is 17.6. The van der Waals surface area contributed by atoms with Gasteiger partial charge in [0.2, 0.25) is 0 Å². The van der Waals surface area contributed by atoms with E-state index >= 15 is 0 Å². The third-order valence-electron chi connectivity index (χ3n) is 5.61. The Morgan fingerprint density at radius 1 is 1.04 bits per heavy atom. The van der Waals surface area contributed by atoms with E-state index in [0.717, 1.165) is 36.8 Å². The summed E-state index contributed by atoms with van der Waals surface area (Å²) in [6, 6.07) is 20.2. The molecule has 1 aliphatic heterocycles. The summed E-state index contributed by atoms with van der Waals surface area (Å²) in [5, 5.41) is 10.6. The summed E-state index contributed by atoms with van der Waals surface area (Å²) in [6.07, 6.45) is 4.26. The Morgan fingerprint density at radius 3 is 2.32 bits per heavy atom. The largest absolute Gasteiger partial charge is 0.388 e. The van der Waals surface area contributed by atoms with Gasteiger partial charge in [-0.25, -0.2) is 0 Å². The van der Waals surface area contributed by atoms with Gasteiger partial charge in [0.1, 0.15) is 0 Å². The smallest absolute Gasteiger partial charge is 0.168 e. The highest BCUT2D eigenvalue weighted by Crippen LogP contribution is 2.22. The monoisotopic (exact) mass is 338 g/mol. The van der Waals surface area contributed by atoms with Crippen molar-refractivity contribution in [3.63, 3.8) is 0 Å². The average molecular weight is 338 g/mol. The second-order valence-corrected chi connectivity index (χ2v) is 7.22. The lowest BCUT2D eigenvalue weighted by atomic mass is 9.88. The Labute approximate surface area is 150 Å². The number of nitrogens with one attached hydrogen (secondary N) is 1. The number of aliphatic hydroxyl groups excluding tert-OH is 1. The van der Waals surface area contributed by atoms with Crippen molar-refractivity contribution in [1.29, 1.82) is 0 Å². The Kier molecular flexibility index (Phi) is 6.00. The Morgan fingerprint density at radius 2 is 1.64 bits per heavy atom. The van der Waals surface area contributed by atoms with Gasteiger partial charge in [0.25, 0.3) is 0 Å². The molecule has 1 aliphatic rings. The zero-order valence-corrected chi connectivity index (χ0v) is 14.9. The van der Waals surface area contributed by atoms with Crippen molar-refractivity contribution in [2.75, 3.05) is 7.05 Å². The van der Waals surface area contributed by atoms with Gasteiger partial charge in [0.15, 0.2) is 5.78 Å². The first-order valence-corrected chi connectivity index (χ1v) is 9.29. The number of benzene rings is 2. The van der Waals surface area contributed by atoms with Gasteiger partial charge in [-0.15, -0.1) is 0 Å². The van der Waals surface area contributed by atoms with Crippen LogP contribution in [0.4, 0.5) is 0 Å². The van der Waals surface area contributed by atoms with E-state index in [1.165, 1.54) is 4.90 Å². The minimum absolute atomic E-state index is 0.231. The molecule has 1 heterocycles. The number of rotatable bonds is 6. The molecule has 0 bridgehead atoms. The molecule has 3 heteroatoms. The highest BCUT2D eigenvalue weighted by Gasteiger charge is 2.34. The summed E-state index contributed by atoms with van der Waals surface area (Å²) in [5.74, 6) is 0.231. The van der Waals surface area contributed by atoms with E-state index in [0.29, 0.717) is 18.5 Å². The molecule has 0 radical (unpaired) electrons. The summed E-state index contributed by atoms with van der Waals surface area (Å²) >= 11 is 0. The summed E-state index contributed by atoms with van der Waals surface area (Å²) in [7, 11) is 2.18. The Bertz CT molecular complexity index is 671. The number of hydrogen-bond donors (Lipinski definition) is 2. The third-order valence-corrected chi connectivity index (χ3v) is 5.61. The number of quaternary nitrogens is 1. The van der Waals surface area contributed by atoms with Crippen molar-refractivity contribution in [2.24, 2.45) is 0 Å². The van der Waals surface area contributed by atoms with Crippen molar-refractivity contribution in [3.05, 3.63) is 71.8 Å². The summed E-state index contributed by atoms with van der Waals surface area (Å²) in [5.41, 5.74) is 1.79. The van der Waals surface area contributed by atoms with Crippen molar-refractivity contribution in [3.8, 4) is 0 Å². The maximum atomic E-state index is 12.5. The molecule has 25 heavy (non-hydrogen) atoms. The maximum Gasteiger partial charge on any atom is 0.168 e. The first-order chi connectivity index (χ1) is 12.1. The van der Waals surface area contributed by atoms with Crippen molar-refractivity contribution in [2.45, 2.75) is 50.3 Å². The lowest BCUT2D eigenvalue weighted by molar-refractivity contribution is -0.936. The molecule has 0 aromatic heterocycles. The molecule has 1 saturated heterocycles. The van der Waals surface area contributed by atoms with Gasteiger partial charge in [-0.05, 0) is 18.4 Å². The summed E-state index contributed by atoms with van der Waals surface area (Å²) in [6.45, 7) is 0. The van der Waals surface area contributed by atoms with Crippen LogP contribution in [-0.2, 0) is 0 Å². The van der Waals surface area contributed by atoms with Crippen LogP contribution in [0.2, 0.25) is 0 Å². The second-order valence-electron chi connectivity index (χ2n) is 7.22. The predicted octanol–water partition coefficient (Wildman–Crippen LogP) is 2.82. The summed E-state index contributed by atoms with van der Waals surface area (Å²) in [4.78, 5) is 13.9. The van der Waals surface area contributed by atoms with Gasteiger partial charge in [0.05, 0.1) is 31.7 Å². The van der Waals surface area contributed by atoms with Crippen LogP contribution in [0.1, 0.15) is 54.1 Å². The maximum absolute atomic E-state index is 12.5. The first-order valence-electron chi connectivity index (χ1n) is 9.29. The molecule has 0 aliphatic carbocycles.